The van der Waals surface area contributed by atoms with Gasteiger partial charge in [-0.25, -0.2) is 0 Å². The van der Waals surface area contributed by atoms with Crippen LogP contribution in [0.5, 0.6) is 5.75 Å². The summed E-state index contributed by atoms with van der Waals surface area (Å²) in [7, 11) is 3.48. The average Bonchev–Trinajstić information content (AvgIpc) is 2.28. The number of hydrogen-bond acceptors (Lipinski definition) is 2. The van der Waals surface area contributed by atoms with Crippen molar-refractivity contribution in [2.24, 2.45) is 0 Å². The molecule has 1 rings (SSSR count). The van der Waals surface area contributed by atoms with E-state index in [0.717, 1.165) is 11.3 Å². The van der Waals surface area contributed by atoms with Crippen LogP contribution >= 0.6 is 12.2 Å². The minimum Gasteiger partial charge on any atom is -0.496 e. The van der Waals surface area contributed by atoms with Crippen molar-refractivity contribution in [3.8, 4) is 5.75 Å². The first-order chi connectivity index (χ1) is 7.58. The molecule has 0 saturated carbocycles. The molecule has 0 aromatic heterocycles. The predicted octanol–water partition coefficient (Wildman–Crippen LogP) is 2.16. The summed E-state index contributed by atoms with van der Waals surface area (Å²) in [5, 5.41) is 6.72. The van der Waals surface area contributed by atoms with Crippen LogP contribution < -0.4 is 15.4 Å². The molecule has 0 aliphatic rings. The lowest BCUT2D eigenvalue weighted by molar-refractivity contribution is 0.405. The van der Waals surface area contributed by atoms with E-state index >= 15 is 0 Å². The molecule has 16 heavy (non-hydrogen) atoms. The van der Waals surface area contributed by atoms with Gasteiger partial charge in [0.15, 0.2) is 5.11 Å². The molecule has 0 bridgehead atoms. The zero-order valence-electron chi connectivity index (χ0n) is 10.1. The molecule has 0 spiro atoms. The molecule has 0 unspecified atom stereocenters. The first-order valence-electron chi connectivity index (χ1n) is 5.21. The van der Waals surface area contributed by atoms with E-state index in [0.29, 0.717) is 5.11 Å². The van der Waals surface area contributed by atoms with Crippen molar-refractivity contribution in [3.63, 3.8) is 0 Å². The van der Waals surface area contributed by atoms with Crippen LogP contribution in [0.25, 0.3) is 0 Å². The number of aryl methyl sites for hydroxylation is 1. The predicted molar refractivity (Wildman–Crippen MR) is 70.9 cm³/mol. The van der Waals surface area contributed by atoms with Gasteiger partial charge in [-0.15, -0.1) is 0 Å². The summed E-state index contributed by atoms with van der Waals surface area (Å²) in [6.45, 7) is 4.12. The zero-order valence-corrected chi connectivity index (χ0v) is 10.9. The Labute approximate surface area is 102 Å². The first kappa shape index (κ1) is 12.8. The molecular formula is C12H18N2OS. The van der Waals surface area contributed by atoms with Crippen molar-refractivity contribution in [3.05, 3.63) is 29.3 Å². The van der Waals surface area contributed by atoms with Crippen LogP contribution in [0, 0.1) is 6.92 Å². The number of methoxy groups -OCH3 is 1. The van der Waals surface area contributed by atoms with Crippen LogP contribution in [0.2, 0.25) is 0 Å². The standard InChI is InChI=1S/C12H18N2OS/c1-8-5-6-11(15-4)10(7-8)9(2)14-12(16)13-3/h5-7,9H,1-4H3,(H2,13,14,16)/t9-/m0/s1. The molecule has 1 aromatic rings. The first-order valence-corrected chi connectivity index (χ1v) is 5.62. The molecule has 0 radical (unpaired) electrons. The molecule has 2 N–H and O–H groups in total. The van der Waals surface area contributed by atoms with E-state index in [9.17, 15) is 0 Å². The third kappa shape index (κ3) is 3.10. The van der Waals surface area contributed by atoms with Gasteiger partial charge in [0.25, 0.3) is 0 Å². The highest BCUT2D eigenvalue weighted by molar-refractivity contribution is 7.80. The zero-order chi connectivity index (χ0) is 12.1. The molecular weight excluding hydrogens is 220 g/mol. The molecule has 0 aliphatic heterocycles. The molecule has 4 heteroatoms. The topological polar surface area (TPSA) is 33.3 Å². The summed E-state index contributed by atoms with van der Waals surface area (Å²) in [5.41, 5.74) is 2.32. The quantitative estimate of drug-likeness (QED) is 0.791. The van der Waals surface area contributed by atoms with Gasteiger partial charge in [0.2, 0.25) is 0 Å². The summed E-state index contributed by atoms with van der Waals surface area (Å²) in [5.74, 6) is 0.879. The Morgan fingerprint density at radius 3 is 2.69 bits per heavy atom. The Bertz CT molecular complexity index is 379. The third-order valence-electron chi connectivity index (χ3n) is 2.43. The van der Waals surface area contributed by atoms with Gasteiger partial charge < -0.3 is 15.4 Å². The van der Waals surface area contributed by atoms with Crippen molar-refractivity contribution in [2.75, 3.05) is 14.2 Å². The Morgan fingerprint density at radius 1 is 1.44 bits per heavy atom. The van der Waals surface area contributed by atoms with Crippen LogP contribution in [0.15, 0.2) is 18.2 Å². The fourth-order valence-corrected chi connectivity index (χ4v) is 1.72. The molecule has 88 valence electrons. The Kier molecular flexibility index (Phi) is 4.55. The van der Waals surface area contributed by atoms with E-state index in [-0.39, 0.29) is 6.04 Å². The van der Waals surface area contributed by atoms with Crippen molar-refractivity contribution in [1.29, 1.82) is 0 Å². The summed E-state index contributed by atoms with van der Waals surface area (Å²) < 4.78 is 5.33. The molecule has 0 saturated heterocycles. The molecule has 0 heterocycles. The van der Waals surface area contributed by atoms with E-state index in [2.05, 4.69) is 30.5 Å². The van der Waals surface area contributed by atoms with Gasteiger partial charge in [0.1, 0.15) is 5.75 Å². The Hall–Kier alpha value is -1.29. The maximum atomic E-state index is 5.33. The SMILES string of the molecule is CNC(=S)N[C@@H](C)c1cc(C)ccc1OC. The van der Waals surface area contributed by atoms with Gasteiger partial charge in [-0.3, -0.25) is 0 Å². The van der Waals surface area contributed by atoms with E-state index in [1.807, 2.05) is 12.1 Å². The number of nitrogens with one attached hydrogen (secondary N) is 2. The van der Waals surface area contributed by atoms with Crippen LogP contribution in [-0.4, -0.2) is 19.3 Å². The number of thiocarbonyl (C=S) groups is 1. The second kappa shape index (κ2) is 5.70. The van der Waals surface area contributed by atoms with Crippen molar-refractivity contribution in [1.82, 2.24) is 10.6 Å². The molecule has 0 fully saturated rings. The highest BCUT2D eigenvalue weighted by Crippen LogP contribution is 2.25. The fourth-order valence-electron chi connectivity index (χ4n) is 1.54. The van der Waals surface area contributed by atoms with E-state index in [1.165, 1.54) is 5.56 Å². The number of ether oxygens (including phenoxy) is 1. The smallest absolute Gasteiger partial charge is 0.166 e. The summed E-state index contributed by atoms with van der Waals surface area (Å²) in [6, 6.07) is 6.24. The highest BCUT2D eigenvalue weighted by Gasteiger charge is 2.11. The molecule has 0 amide bonds. The molecule has 1 aromatic carbocycles. The Balaban J connectivity index is 2.92. The lowest BCUT2D eigenvalue weighted by Gasteiger charge is -2.19. The number of hydrogen-bond donors (Lipinski definition) is 2. The second-order valence-electron chi connectivity index (χ2n) is 3.69. The lowest BCUT2D eigenvalue weighted by Crippen LogP contribution is -2.34. The molecule has 3 nitrogen and oxygen atoms in total. The van der Waals surface area contributed by atoms with Crippen LogP contribution in [-0.2, 0) is 0 Å². The minimum atomic E-state index is 0.120. The maximum Gasteiger partial charge on any atom is 0.166 e. The van der Waals surface area contributed by atoms with Gasteiger partial charge in [-0.05, 0) is 32.1 Å². The Morgan fingerprint density at radius 2 is 2.12 bits per heavy atom. The fraction of sp³-hybridized carbons (Fsp3) is 0.417. The van der Waals surface area contributed by atoms with Gasteiger partial charge in [-0.1, -0.05) is 17.7 Å². The van der Waals surface area contributed by atoms with Gasteiger partial charge in [0, 0.05) is 12.6 Å². The minimum absolute atomic E-state index is 0.120. The second-order valence-corrected chi connectivity index (χ2v) is 4.10. The largest absolute Gasteiger partial charge is 0.496 e. The van der Waals surface area contributed by atoms with Crippen LogP contribution in [0.1, 0.15) is 24.1 Å². The highest BCUT2D eigenvalue weighted by atomic mass is 32.1. The average molecular weight is 238 g/mol. The van der Waals surface area contributed by atoms with Crippen molar-refractivity contribution >= 4 is 17.3 Å². The normalized spacial score (nSPS) is 11.8. The van der Waals surface area contributed by atoms with Crippen molar-refractivity contribution < 1.29 is 4.74 Å². The molecule has 0 aliphatic carbocycles. The monoisotopic (exact) mass is 238 g/mol. The summed E-state index contributed by atoms with van der Waals surface area (Å²) >= 11 is 5.08. The van der Waals surface area contributed by atoms with Gasteiger partial charge in [-0.2, -0.15) is 0 Å². The maximum absolute atomic E-state index is 5.33. The van der Waals surface area contributed by atoms with Crippen molar-refractivity contribution in [2.45, 2.75) is 19.9 Å². The molecule has 1 atom stereocenters. The van der Waals surface area contributed by atoms with E-state index < -0.39 is 0 Å². The van der Waals surface area contributed by atoms with Crippen LogP contribution in [0.4, 0.5) is 0 Å². The summed E-state index contributed by atoms with van der Waals surface area (Å²) in [6.07, 6.45) is 0. The number of rotatable bonds is 3. The van der Waals surface area contributed by atoms with E-state index in [4.69, 9.17) is 17.0 Å². The summed E-state index contributed by atoms with van der Waals surface area (Å²) in [4.78, 5) is 0. The lowest BCUT2D eigenvalue weighted by atomic mass is 10.0. The van der Waals surface area contributed by atoms with Gasteiger partial charge in [0.05, 0.1) is 13.2 Å². The number of benzene rings is 1. The third-order valence-corrected chi connectivity index (χ3v) is 2.75. The van der Waals surface area contributed by atoms with Crippen LogP contribution in [0.3, 0.4) is 0 Å². The van der Waals surface area contributed by atoms with E-state index in [1.54, 1.807) is 14.2 Å². The van der Waals surface area contributed by atoms with Gasteiger partial charge >= 0.3 is 0 Å².